The third kappa shape index (κ3) is 3.28. The quantitative estimate of drug-likeness (QED) is 0.787. The summed E-state index contributed by atoms with van der Waals surface area (Å²) in [5.41, 5.74) is 1.53. The summed E-state index contributed by atoms with van der Waals surface area (Å²) in [6.07, 6.45) is 0. The van der Waals surface area contributed by atoms with Crippen LogP contribution in [0.4, 0.5) is 0 Å². The Kier molecular flexibility index (Phi) is 4.70. The number of aromatic hydroxyl groups is 2. The highest BCUT2D eigenvalue weighted by Crippen LogP contribution is 2.34. The number of hydrogen-bond donors (Lipinski definition) is 3. The Labute approximate surface area is 125 Å². The third-order valence-electron chi connectivity index (χ3n) is 3.60. The average Bonchev–Trinajstić information content (AvgIpc) is 2.46. The van der Waals surface area contributed by atoms with Crippen molar-refractivity contribution in [2.75, 3.05) is 7.11 Å². The van der Waals surface area contributed by atoms with E-state index in [2.05, 4.69) is 5.32 Å². The molecule has 2 rings (SSSR count). The maximum Gasteiger partial charge on any atom is 0.124 e. The van der Waals surface area contributed by atoms with E-state index in [1.54, 1.807) is 25.3 Å². The van der Waals surface area contributed by atoms with Crippen LogP contribution in [-0.2, 0) is 0 Å². The minimum atomic E-state index is -0.203. The van der Waals surface area contributed by atoms with Gasteiger partial charge in [0, 0.05) is 17.6 Å². The number of phenolic OH excluding ortho intramolecular Hbond substituents is 2. The number of benzene rings is 2. The molecular formula is C17H21NO3. The summed E-state index contributed by atoms with van der Waals surface area (Å²) in [4.78, 5) is 0. The fourth-order valence-electron chi connectivity index (χ4n) is 2.56. The molecule has 3 N–H and O–H groups in total. The number of rotatable bonds is 5. The smallest absolute Gasteiger partial charge is 0.124 e. The van der Waals surface area contributed by atoms with Gasteiger partial charge in [-0.3, -0.25) is 0 Å². The number of ether oxygens (including phenoxy) is 1. The minimum Gasteiger partial charge on any atom is -0.507 e. The summed E-state index contributed by atoms with van der Waals surface area (Å²) in [6, 6.07) is 12.3. The zero-order chi connectivity index (χ0) is 15.4. The van der Waals surface area contributed by atoms with Gasteiger partial charge in [-0.05, 0) is 32.0 Å². The van der Waals surface area contributed by atoms with Crippen molar-refractivity contribution in [2.24, 2.45) is 0 Å². The summed E-state index contributed by atoms with van der Waals surface area (Å²) < 4.78 is 5.36. The monoisotopic (exact) mass is 287 g/mol. The van der Waals surface area contributed by atoms with Gasteiger partial charge in [0.25, 0.3) is 0 Å². The summed E-state index contributed by atoms with van der Waals surface area (Å²) >= 11 is 0. The maximum absolute atomic E-state index is 9.92. The molecule has 0 amide bonds. The van der Waals surface area contributed by atoms with Crippen LogP contribution in [0, 0.1) is 0 Å². The fourth-order valence-corrected chi connectivity index (χ4v) is 2.56. The molecule has 0 aliphatic rings. The van der Waals surface area contributed by atoms with Crippen molar-refractivity contribution < 1.29 is 14.9 Å². The Bertz CT molecular complexity index is 592. The molecule has 0 aromatic heterocycles. The molecule has 4 nitrogen and oxygen atoms in total. The first-order valence-electron chi connectivity index (χ1n) is 6.94. The van der Waals surface area contributed by atoms with Crippen molar-refractivity contribution >= 4 is 0 Å². The van der Waals surface area contributed by atoms with E-state index in [1.165, 1.54) is 0 Å². The molecule has 0 heterocycles. The van der Waals surface area contributed by atoms with Gasteiger partial charge in [-0.25, -0.2) is 0 Å². The molecule has 1 unspecified atom stereocenters. The lowest BCUT2D eigenvalue weighted by atomic mass is 10.0. The zero-order valence-corrected chi connectivity index (χ0v) is 12.5. The van der Waals surface area contributed by atoms with Crippen LogP contribution in [0.5, 0.6) is 17.2 Å². The molecule has 0 spiro atoms. The van der Waals surface area contributed by atoms with Crippen molar-refractivity contribution in [3.8, 4) is 17.2 Å². The Morgan fingerprint density at radius 3 is 2.14 bits per heavy atom. The third-order valence-corrected chi connectivity index (χ3v) is 3.60. The molecule has 2 atom stereocenters. The lowest BCUT2D eigenvalue weighted by Crippen LogP contribution is -2.23. The predicted molar refractivity (Wildman–Crippen MR) is 82.7 cm³/mol. The van der Waals surface area contributed by atoms with Crippen molar-refractivity contribution in [1.82, 2.24) is 5.32 Å². The van der Waals surface area contributed by atoms with Crippen LogP contribution in [0.3, 0.4) is 0 Å². The maximum atomic E-state index is 9.92. The molecule has 0 saturated carbocycles. The lowest BCUT2D eigenvalue weighted by Gasteiger charge is -2.23. The summed E-state index contributed by atoms with van der Waals surface area (Å²) in [5.74, 6) is 0.982. The standard InChI is InChI=1S/C17H21NO3/c1-11(13-7-4-5-10-16(13)21-3)18-12(2)17-14(19)8-6-9-15(17)20/h4-12,18-20H,1-3H3/t11-,12?/m0/s1. The Balaban J connectivity index is 2.21. The number of para-hydroxylation sites is 1. The highest BCUT2D eigenvalue weighted by atomic mass is 16.5. The van der Waals surface area contributed by atoms with Crippen molar-refractivity contribution in [3.63, 3.8) is 0 Å². The fraction of sp³-hybridized carbons (Fsp3) is 0.294. The van der Waals surface area contributed by atoms with E-state index in [0.29, 0.717) is 5.56 Å². The Morgan fingerprint density at radius 1 is 0.905 bits per heavy atom. The van der Waals surface area contributed by atoms with Gasteiger partial charge in [0.05, 0.1) is 12.7 Å². The molecule has 4 heteroatoms. The molecule has 0 aliphatic carbocycles. The molecular weight excluding hydrogens is 266 g/mol. The van der Waals surface area contributed by atoms with E-state index in [4.69, 9.17) is 4.74 Å². The highest BCUT2D eigenvalue weighted by molar-refractivity contribution is 5.45. The Hall–Kier alpha value is -2.20. The van der Waals surface area contributed by atoms with Crippen LogP contribution in [0.15, 0.2) is 42.5 Å². The summed E-state index contributed by atoms with van der Waals surface area (Å²) in [5, 5.41) is 23.2. The number of phenols is 2. The topological polar surface area (TPSA) is 61.7 Å². The lowest BCUT2D eigenvalue weighted by molar-refractivity contribution is 0.387. The van der Waals surface area contributed by atoms with Crippen LogP contribution < -0.4 is 10.1 Å². The summed E-state index contributed by atoms with van der Waals surface area (Å²) in [6.45, 7) is 3.92. The van der Waals surface area contributed by atoms with Crippen LogP contribution in [0.2, 0.25) is 0 Å². The van der Waals surface area contributed by atoms with Gasteiger partial charge in [-0.1, -0.05) is 24.3 Å². The molecule has 0 saturated heterocycles. The van der Waals surface area contributed by atoms with E-state index in [9.17, 15) is 10.2 Å². The molecule has 112 valence electrons. The van der Waals surface area contributed by atoms with Gasteiger partial charge in [0.15, 0.2) is 0 Å². The van der Waals surface area contributed by atoms with Gasteiger partial charge in [-0.15, -0.1) is 0 Å². The molecule has 0 bridgehead atoms. The second-order valence-corrected chi connectivity index (χ2v) is 5.06. The zero-order valence-electron chi connectivity index (χ0n) is 12.5. The van der Waals surface area contributed by atoms with Crippen LogP contribution in [0.1, 0.15) is 37.1 Å². The van der Waals surface area contributed by atoms with Crippen molar-refractivity contribution in [3.05, 3.63) is 53.6 Å². The predicted octanol–water partition coefficient (Wildman–Crippen LogP) is 3.52. The second kappa shape index (κ2) is 6.50. The van der Waals surface area contributed by atoms with Crippen molar-refractivity contribution in [2.45, 2.75) is 25.9 Å². The molecule has 0 radical (unpaired) electrons. The number of nitrogens with one attached hydrogen (secondary N) is 1. The van der Waals surface area contributed by atoms with E-state index < -0.39 is 0 Å². The van der Waals surface area contributed by atoms with Crippen LogP contribution >= 0.6 is 0 Å². The molecule has 21 heavy (non-hydrogen) atoms. The average molecular weight is 287 g/mol. The molecule has 2 aromatic carbocycles. The van der Waals surface area contributed by atoms with E-state index in [1.807, 2.05) is 38.1 Å². The SMILES string of the molecule is COc1ccccc1[C@H](C)NC(C)c1c(O)cccc1O. The molecule has 0 aliphatic heterocycles. The van der Waals surface area contributed by atoms with Crippen molar-refractivity contribution in [1.29, 1.82) is 0 Å². The minimum absolute atomic E-state index is 0.00940. The number of hydrogen-bond acceptors (Lipinski definition) is 4. The summed E-state index contributed by atoms with van der Waals surface area (Å²) in [7, 11) is 1.64. The van der Waals surface area contributed by atoms with Crippen LogP contribution in [-0.4, -0.2) is 17.3 Å². The largest absolute Gasteiger partial charge is 0.507 e. The highest BCUT2D eigenvalue weighted by Gasteiger charge is 2.19. The molecule has 2 aromatic rings. The van der Waals surface area contributed by atoms with Crippen LogP contribution in [0.25, 0.3) is 0 Å². The normalized spacial score (nSPS) is 13.7. The second-order valence-electron chi connectivity index (χ2n) is 5.06. The van der Waals surface area contributed by atoms with Gasteiger partial charge in [0.2, 0.25) is 0 Å². The first kappa shape index (κ1) is 15.2. The van der Waals surface area contributed by atoms with E-state index in [-0.39, 0.29) is 23.6 Å². The first-order chi connectivity index (χ1) is 10.0. The van der Waals surface area contributed by atoms with E-state index >= 15 is 0 Å². The van der Waals surface area contributed by atoms with Gasteiger partial charge >= 0.3 is 0 Å². The van der Waals surface area contributed by atoms with E-state index in [0.717, 1.165) is 11.3 Å². The Morgan fingerprint density at radius 2 is 1.52 bits per heavy atom. The van der Waals surface area contributed by atoms with Gasteiger partial charge < -0.3 is 20.3 Å². The first-order valence-corrected chi connectivity index (χ1v) is 6.94. The van der Waals surface area contributed by atoms with Gasteiger partial charge in [0.1, 0.15) is 17.2 Å². The molecule has 0 fully saturated rings. The number of methoxy groups -OCH3 is 1. The van der Waals surface area contributed by atoms with Gasteiger partial charge in [-0.2, -0.15) is 0 Å².